The van der Waals surface area contributed by atoms with E-state index in [1.165, 1.54) is 25.7 Å². The van der Waals surface area contributed by atoms with Gasteiger partial charge in [0.1, 0.15) is 5.69 Å². The molecule has 3 heteroatoms. The molecule has 0 unspecified atom stereocenters. The van der Waals surface area contributed by atoms with E-state index in [0.29, 0.717) is 11.1 Å². The molecular formula is C13H16N2O. The average Bonchev–Trinajstić information content (AvgIpc) is 3.10. The van der Waals surface area contributed by atoms with Crippen molar-refractivity contribution >= 4 is 5.91 Å². The van der Waals surface area contributed by atoms with Crippen LogP contribution < -0.4 is 0 Å². The third kappa shape index (κ3) is 1.70. The number of likely N-dealkylation sites (tertiary alicyclic amines) is 1. The number of amides is 1. The Kier molecular flexibility index (Phi) is 2.20. The highest BCUT2D eigenvalue weighted by molar-refractivity contribution is 5.92. The van der Waals surface area contributed by atoms with Gasteiger partial charge in [-0.3, -0.25) is 9.78 Å². The molecule has 0 bridgehead atoms. The maximum atomic E-state index is 12.1. The fourth-order valence-electron chi connectivity index (χ4n) is 2.51. The van der Waals surface area contributed by atoms with Crippen molar-refractivity contribution < 1.29 is 4.79 Å². The Bertz CT molecular complexity index is 388. The highest BCUT2D eigenvalue weighted by Gasteiger charge is 2.45. The van der Waals surface area contributed by atoms with Crippen LogP contribution in [-0.4, -0.2) is 28.9 Å². The predicted molar refractivity (Wildman–Crippen MR) is 61.0 cm³/mol. The van der Waals surface area contributed by atoms with Crippen molar-refractivity contribution in [1.82, 2.24) is 9.88 Å². The molecule has 16 heavy (non-hydrogen) atoms. The molecule has 1 amide bonds. The zero-order chi connectivity index (χ0) is 11.0. The topological polar surface area (TPSA) is 33.2 Å². The summed E-state index contributed by atoms with van der Waals surface area (Å²) < 4.78 is 0. The quantitative estimate of drug-likeness (QED) is 0.720. The molecule has 1 aromatic heterocycles. The van der Waals surface area contributed by atoms with Crippen LogP contribution in [0.15, 0.2) is 24.4 Å². The first-order valence-electron chi connectivity index (χ1n) is 5.99. The number of piperidine rings is 1. The normalized spacial score (nSPS) is 22.1. The lowest BCUT2D eigenvalue weighted by Crippen LogP contribution is -2.39. The Morgan fingerprint density at radius 3 is 2.50 bits per heavy atom. The summed E-state index contributed by atoms with van der Waals surface area (Å²) in [7, 11) is 0. The number of rotatable bonds is 1. The molecule has 0 radical (unpaired) electrons. The molecule has 0 N–H and O–H groups in total. The number of carbonyl (C=O) groups is 1. The van der Waals surface area contributed by atoms with Crippen molar-refractivity contribution in [3.05, 3.63) is 30.1 Å². The number of carbonyl (C=O) groups excluding carboxylic acids is 1. The van der Waals surface area contributed by atoms with Crippen molar-refractivity contribution in [1.29, 1.82) is 0 Å². The van der Waals surface area contributed by atoms with Crippen molar-refractivity contribution in [3.63, 3.8) is 0 Å². The first-order valence-corrected chi connectivity index (χ1v) is 5.99. The summed E-state index contributed by atoms with van der Waals surface area (Å²) in [5.41, 5.74) is 1.20. The van der Waals surface area contributed by atoms with Crippen LogP contribution in [0, 0.1) is 5.41 Å². The second-order valence-corrected chi connectivity index (χ2v) is 5.01. The van der Waals surface area contributed by atoms with E-state index < -0.39 is 0 Å². The van der Waals surface area contributed by atoms with Gasteiger partial charge < -0.3 is 4.90 Å². The van der Waals surface area contributed by atoms with Crippen molar-refractivity contribution in [2.45, 2.75) is 25.7 Å². The van der Waals surface area contributed by atoms with E-state index in [1.54, 1.807) is 12.3 Å². The van der Waals surface area contributed by atoms with Gasteiger partial charge in [0.25, 0.3) is 5.91 Å². The van der Waals surface area contributed by atoms with E-state index in [-0.39, 0.29) is 5.91 Å². The van der Waals surface area contributed by atoms with Gasteiger partial charge in [-0.25, -0.2) is 0 Å². The Morgan fingerprint density at radius 1 is 1.19 bits per heavy atom. The minimum absolute atomic E-state index is 0.0936. The molecule has 1 spiro atoms. The highest BCUT2D eigenvalue weighted by Crippen LogP contribution is 2.53. The van der Waals surface area contributed by atoms with E-state index in [4.69, 9.17) is 0 Å². The zero-order valence-corrected chi connectivity index (χ0v) is 9.35. The van der Waals surface area contributed by atoms with Gasteiger partial charge in [-0.1, -0.05) is 6.07 Å². The molecule has 1 saturated heterocycles. The second kappa shape index (κ2) is 3.58. The summed E-state index contributed by atoms with van der Waals surface area (Å²) in [5.74, 6) is 0.0936. The van der Waals surface area contributed by atoms with Gasteiger partial charge in [0, 0.05) is 19.3 Å². The van der Waals surface area contributed by atoms with E-state index in [1.807, 2.05) is 17.0 Å². The molecule has 1 aromatic rings. The summed E-state index contributed by atoms with van der Waals surface area (Å²) in [6, 6.07) is 5.50. The van der Waals surface area contributed by atoms with E-state index in [2.05, 4.69) is 4.98 Å². The first-order chi connectivity index (χ1) is 7.79. The third-order valence-electron chi connectivity index (χ3n) is 3.95. The summed E-state index contributed by atoms with van der Waals surface area (Å²) >= 11 is 0. The minimum atomic E-state index is 0.0936. The van der Waals surface area contributed by atoms with E-state index in [9.17, 15) is 4.79 Å². The molecule has 3 nitrogen and oxygen atoms in total. The molecule has 84 valence electrons. The van der Waals surface area contributed by atoms with Gasteiger partial charge >= 0.3 is 0 Å². The van der Waals surface area contributed by atoms with Crippen molar-refractivity contribution in [2.24, 2.45) is 5.41 Å². The summed E-state index contributed by atoms with van der Waals surface area (Å²) in [5, 5.41) is 0. The smallest absolute Gasteiger partial charge is 0.272 e. The molecule has 2 aliphatic rings. The fraction of sp³-hybridized carbons (Fsp3) is 0.538. The number of hydrogen-bond acceptors (Lipinski definition) is 2. The Morgan fingerprint density at radius 2 is 1.94 bits per heavy atom. The molecule has 1 saturated carbocycles. The number of pyridine rings is 1. The van der Waals surface area contributed by atoms with Crippen LogP contribution in [0.3, 0.4) is 0 Å². The van der Waals surface area contributed by atoms with Crippen LogP contribution in [0.1, 0.15) is 36.2 Å². The van der Waals surface area contributed by atoms with Gasteiger partial charge in [-0.2, -0.15) is 0 Å². The summed E-state index contributed by atoms with van der Waals surface area (Å²) in [6.07, 6.45) is 6.80. The van der Waals surface area contributed by atoms with Gasteiger partial charge in [0.15, 0.2) is 0 Å². The second-order valence-electron chi connectivity index (χ2n) is 5.01. The molecule has 0 atom stereocenters. The zero-order valence-electron chi connectivity index (χ0n) is 9.35. The van der Waals surface area contributed by atoms with Gasteiger partial charge in [-0.05, 0) is 43.2 Å². The molecule has 2 fully saturated rings. The average molecular weight is 216 g/mol. The third-order valence-corrected chi connectivity index (χ3v) is 3.95. The van der Waals surface area contributed by atoms with Crippen LogP contribution in [0.25, 0.3) is 0 Å². The molecule has 1 aliphatic heterocycles. The van der Waals surface area contributed by atoms with Crippen LogP contribution >= 0.6 is 0 Å². The lowest BCUT2D eigenvalue weighted by atomic mass is 9.93. The molecule has 3 rings (SSSR count). The summed E-state index contributed by atoms with van der Waals surface area (Å²) in [6.45, 7) is 1.82. The lowest BCUT2D eigenvalue weighted by molar-refractivity contribution is 0.0672. The van der Waals surface area contributed by atoms with Crippen molar-refractivity contribution in [3.8, 4) is 0 Å². The Labute approximate surface area is 95.5 Å². The number of hydrogen-bond donors (Lipinski definition) is 0. The van der Waals surface area contributed by atoms with E-state index in [0.717, 1.165) is 13.1 Å². The number of aromatic nitrogens is 1. The van der Waals surface area contributed by atoms with E-state index >= 15 is 0 Å². The predicted octanol–water partition coefficient (Wildman–Crippen LogP) is 2.10. The van der Waals surface area contributed by atoms with Crippen LogP contribution in [0.4, 0.5) is 0 Å². The Balaban J connectivity index is 1.68. The lowest BCUT2D eigenvalue weighted by Gasteiger charge is -2.31. The summed E-state index contributed by atoms with van der Waals surface area (Å²) in [4.78, 5) is 18.2. The minimum Gasteiger partial charge on any atom is -0.337 e. The van der Waals surface area contributed by atoms with Gasteiger partial charge in [0.2, 0.25) is 0 Å². The van der Waals surface area contributed by atoms with Crippen molar-refractivity contribution in [2.75, 3.05) is 13.1 Å². The molecule has 2 heterocycles. The SMILES string of the molecule is O=C(c1ccccn1)N1CCC2(CC1)CC2. The van der Waals surface area contributed by atoms with Crippen LogP contribution in [-0.2, 0) is 0 Å². The fourth-order valence-corrected chi connectivity index (χ4v) is 2.51. The van der Waals surface area contributed by atoms with Crippen LogP contribution in [0.5, 0.6) is 0 Å². The largest absolute Gasteiger partial charge is 0.337 e. The maximum Gasteiger partial charge on any atom is 0.272 e. The number of nitrogens with zero attached hydrogens (tertiary/aromatic N) is 2. The van der Waals surface area contributed by atoms with Gasteiger partial charge in [-0.15, -0.1) is 0 Å². The maximum absolute atomic E-state index is 12.1. The highest BCUT2D eigenvalue weighted by atomic mass is 16.2. The van der Waals surface area contributed by atoms with Gasteiger partial charge in [0.05, 0.1) is 0 Å². The standard InChI is InChI=1S/C13H16N2O/c16-12(11-3-1-2-8-14-11)15-9-6-13(4-5-13)7-10-15/h1-3,8H,4-7,9-10H2. The molecule has 0 aromatic carbocycles. The van der Waals surface area contributed by atoms with Crippen LogP contribution in [0.2, 0.25) is 0 Å². The monoisotopic (exact) mass is 216 g/mol. The molecular weight excluding hydrogens is 200 g/mol. The Hall–Kier alpha value is -1.38. The first kappa shape index (κ1) is 9.82. The molecule has 1 aliphatic carbocycles.